The number of nitrogens with one attached hydrogen (secondary N) is 3. The average molecular weight is 365 g/mol. The average Bonchev–Trinajstić information content (AvgIpc) is 3.15. The topological polar surface area (TPSA) is 112 Å². The van der Waals surface area contributed by atoms with Gasteiger partial charge in [-0.05, 0) is 30.6 Å². The number of carbonyl (C=O) groups is 1. The molecule has 1 amide bonds. The van der Waals surface area contributed by atoms with Gasteiger partial charge in [0, 0.05) is 0 Å². The van der Waals surface area contributed by atoms with Gasteiger partial charge in [0.05, 0.1) is 17.1 Å². The number of para-hydroxylation sites is 2. The highest BCUT2D eigenvalue weighted by atomic mass is 35.5. The first-order valence-electron chi connectivity index (χ1n) is 7.34. The number of aromatic amines is 2. The van der Waals surface area contributed by atoms with E-state index in [-0.39, 0.29) is 28.5 Å². The number of imidazole rings is 1. The van der Waals surface area contributed by atoms with Crippen LogP contribution >= 0.6 is 23.4 Å². The van der Waals surface area contributed by atoms with Gasteiger partial charge in [-0.2, -0.15) is 16.9 Å². The lowest BCUT2D eigenvalue weighted by Crippen LogP contribution is -2.30. The maximum absolute atomic E-state index is 12.5. The summed E-state index contributed by atoms with van der Waals surface area (Å²) in [6.07, 6.45) is 2.75. The Labute approximate surface area is 147 Å². The molecule has 1 aromatic carbocycles. The number of nitrogen functional groups attached to an aromatic ring is 1. The Kier molecular flexibility index (Phi) is 4.96. The molecule has 126 valence electrons. The normalized spacial score (nSPS) is 12.4. The zero-order chi connectivity index (χ0) is 17.1. The lowest BCUT2D eigenvalue weighted by molar-refractivity contribution is 0.0929. The highest BCUT2D eigenvalue weighted by Gasteiger charge is 2.22. The van der Waals surface area contributed by atoms with E-state index in [0.717, 1.165) is 23.2 Å². The molecule has 0 saturated heterocycles. The zero-order valence-electron chi connectivity index (χ0n) is 13.0. The monoisotopic (exact) mass is 364 g/mol. The molecule has 3 rings (SSSR count). The van der Waals surface area contributed by atoms with E-state index in [2.05, 4.69) is 25.5 Å². The Bertz CT molecular complexity index is 828. The van der Waals surface area contributed by atoms with E-state index in [4.69, 9.17) is 17.3 Å². The second-order valence-electron chi connectivity index (χ2n) is 5.24. The van der Waals surface area contributed by atoms with Crippen molar-refractivity contribution in [3.63, 3.8) is 0 Å². The fourth-order valence-corrected chi connectivity index (χ4v) is 3.02. The number of hydrogen-bond donors (Lipinski definition) is 4. The standard InChI is InChI=1S/C15H17ClN6OS/c1-24-7-6-10(14-18-8-4-2-3-5-9(8)19-14)20-15(23)12-11(16)13(17)22-21-12/h2-5,10H,6-7H2,1H3,(H,18,19)(H,20,23)(H3,17,21,22). The van der Waals surface area contributed by atoms with E-state index >= 15 is 0 Å². The minimum Gasteiger partial charge on any atom is -0.381 e. The number of amides is 1. The first kappa shape index (κ1) is 16.7. The molecule has 0 radical (unpaired) electrons. The number of carbonyl (C=O) groups excluding carboxylic acids is 1. The molecule has 2 heterocycles. The fourth-order valence-electron chi connectivity index (χ4n) is 2.37. The van der Waals surface area contributed by atoms with Gasteiger partial charge < -0.3 is 16.0 Å². The van der Waals surface area contributed by atoms with E-state index < -0.39 is 0 Å². The maximum Gasteiger partial charge on any atom is 0.271 e. The summed E-state index contributed by atoms with van der Waals surface area (Å²) < 4.78 is 0. The van der Waals surface area contributed by atoms with Gasteiger partial charge in [0.1, 0.15) is 16.5 Å². The molecule has 0 aliphatic heterocycles. The first-order chi connectivity index (χ1) is 11.6. The van der Waals surface area contributed by atoms with Gasteiger partial charge in [0.25, 0.3) is 5.91 Å². The minimum atomic E-state index is -0.365. The largest absolute Gasteiger partial charge is 0.381 e. The Hall–Kier alpha value is -2.19. The second-order valence-corrected chi connectivity index (χ2v) is 6.61. The van der Waals surface area contributed by atoms with E-state index in [1.165, 1.54) is 0 Å². The smallest absolute Gasteiger partial charge is 0.271 e. The highest BCUT2D eigenvalue weighted by Crippen LogP contribution is 2.23. The van der Waals surface area contributed by atoms with Gasteiger partial charge in [-0.25, -0.2) is 4.98 Å². The van der Waals surface area contributed by atoms with E-state index in [1.807, 2.05) is 30.5 Å². The van der Waals surface area contributed by atoms with Crippen molar-refractivity contribution in [2.45, 2.75) is 12.5 Å². The molecule has 0 aliphatic rings. The molecule has 3 aromatic rings. The molecule has 5 N–H and O–H groups in total. The van der Waals surface area contributed by atoms with Crippen LogP contribution in [0.4, 0.5) is 5.82 Å². The third-order valence-corrected chi connectivity index (χ3v) is 4.64. The number of benzene rings is 1. The van der Waals surface area contributed by atoms with Crippen LogP contribution in [0.15, 0.2) is 24.3 Å². The van der Waals surface area contributed by atoms with Crippen LogP contribution < -0.4 is 11.1 Å². The van der Waals surface area contributed by atoms with Crippen LogP contribution in [-0.2, 0) is 0 Å². The van der Waals surface area contributed by atoms with Gasteiger partial charge in [-0.1, -0.05) is 23.7 Å². The number of halogens is 1. The van der Waals surface area contributed by atoms with Crippen molar-refractivity contribution in [2.24, 2.45) is 0 Å². The minimum absolute atomic E-state index is 0.103. The van der Waals surface area contributed by atoms with Gasteiger partial charge in [0.2, 0.25) is 0 Å². The molecule has 0 spiro atoms. The Morgan fingerprint density at radius 3 is 2.92 bits per heavy atom. The predicted octanol–water partition coefficient (Wildman–Crippen LogP) is 2.75. The molecular weight excluding hydrogens is 348 g/mol. The summed E-state index contributed by atoms with van der Waals surface area (Å²) in [6.45, 7) is 0. The van der Waals surface area contributed by atoms with Crippen molar-refractivity contribution in [3.8, 4) is 0 Å². The van der Waals surface area contributed by atoms with Gasteiger partial charge in [0.15, 0.2) is 5.82 Å². The van der Waals surface area contributed by atoms with Gasteiger partial charge in [-0.15, -0.1) is 0 Å². The molecule has 1 unspecified atom stereocenters. The van der Waals surface area contributed by atoms with E-state index in [0.29, 0.717) is 5.82 Å². The molecule has 2 aromatic heterocycles. The highest BCUT2D eigenvalue weighted by molar-refractivity contribution is 7.98. The van der Waals surface area contributed by atoms with Crippen molar-refractivity contribution in [2.75, 3.05) is 17.7 Å². The molecule has 0 fully saturated rings. The number of anilines is 1. The zero-order valence-corrected chi connectivity index (χ0v) is 14.5. The van der Waals surface area contributed by atoms with Gasteiger partial charge in [-0.3, -0.25) is 9.89 Å². The quantitative estimate of drug-likeness (QED) is 0.537. The summed E-state index contributed by atoms with van der Waals surface area (Å²) in [5.41, 5.74) is 7.52. The summed E-state index contributed by atoms with van der Waals surface area (Å²) >= 11 is 7.70. The molecule has 0 aliphatic carbocycles. The summed E-state index contributed by atoms with van der Waals surface area (Å²) in [6, 6.07) is 7.47. The van der Waals surface area contributed by atoms with Crippen LogP contribution in [0, 0.1) is 0 Å². The molecule has 0 bridgehead atoms. The second kappa shape index (κ2) is 7.14. The van der Waals surface area contributed by atoms with Crippen molar-refractivity contribution in [3.05, 3.63) is 40.8 Å². The molecule has 0 saturated carbocycles. The van der Waals surface area contributed by atoms with Crippen molar-refractivity contribution >= 4 is 46.1 Å². The van der Waals surface area contributed by atoms with Gasteiger partial charge >= 0.3 is 0 Å². The summed E-state index contributed by atoms with van der Waals surface area (Å²) in [5.74, 6) is 1.32. The lowest BCUT2D eigenvalue weighted by Gasteiger charge is -2.15. The van der Waals surface area contributed by atoms with E-state index in [9.17, 15) is 4.79 Å². The van der Waals surface area contributed by atoms with Crippen LogP contribution in [-0.4, -0.2) is 38.1 Å². The Morgan fingerprint density at radius 2 is 2.25 bits per heavy atom. The number of nitrogens with two attached hydrogens (primary N) is 1. The predicted molar refractivity (Wildman–Crippen MR) is 97.3 cm³/mol. The fraction of sp³-hybridized carbons (Fsp3) is 0.267. The number of H-pyrrole nitrogens is 2. The van der Waals surface area contributed by atoms with Crippen molar-refractivity contribution < 1.29 is 4.79 Å². The van der Waals surface area contributed by atoms with Crippen LogP contribution in [0.3, 0.4) is 0 Å². The number of rotatable bonds is 6. The Balaban J connectivity index is 1.85. The van der Waals surface area contributed by atoms with Crippen LogP contribution in [0.2, 0.25) is 5.02 Å². The van der Waals surface area contributed by atoms with Crippen molar-refractivity contribution in [1.29, 1.82) is 0 Å². The van der Waals surface area contributed by atoms with Crippen LogP contribution in [0.25, 0.3) is 11.0 Å². The maximum atomic E-state index is 12.5. The van der Waals surface area contributed by atoms with Crippen LogP contribution in [0.5, 0.6) is 0 Å². The number of aromatic nitrogens is 4. The van der Waals surface area contributed by atoms with Crippen molar-refractivity contribution in [1.82, 2.24) is 25.5 Å². The SMILES string of the molecule is CSCCC(NC(=O)c1[nH]nc(N)c1Cl)c1nc2ccccc2[nH]1. The summed E-state index contributed by atoms with van der Waals surface area (Å²) in [7, 11) is 0. The number of fused-ring (bicyclic) bond motifs is 1. The molecular formula is C15H17ClN6OS. The number of hydrogen-bond acceptors (Lipinski definition) is 5. The van der Waals surface area contributed by atoms with E-state index in [1.54, 1.807) is 11.8 Å². The third-order valence-electron chi connectivity index (χ3n) is 3.61. The number of nitrogens with zero attached hydrogens (tertiary/aromatic N) is 2. The lowest BCUT2D eigenvalue weighted by atomic mass is 10.2. The van der Waals surface area contributed by atoms with Crippen LogP contribution in [0.1, 0.15) is 28.8 Å². The summed E-state index contributed by atoms with van der Waals surface area (Å²) in [4.78, 5) is 20.3. The third kappa shape index (κ3) is 3.34. The molecule has 7 nitrogen and oxygen atoms in total. The number of thioether (sulfide) groups is 1. The molecule has 24 heavy (non-hydrogen) atoms. The first-order valence-corrected chi connectivity index (χ1v) is 9.11. The summed E-state index contributed by atoms with van der Waals surface area (Å²) in [5, 5.41) is 9.37. The molecule has 1 atom stereocenters. The molecule has 9 heteroatoms. The Morgan fingerprint density at radius 1 is 1.46 bits per heavy atom.